The summed E-state index contributed by atoms with van der Waals surface area (Å²) in [6, 6.07) is 20.6. The van der Waals surface area contributed by atoms with E-state index in [2.05, 4.69) is 11.8 Å². The van der Waals surface area contributed by atoms with E-state index >= 15 is 0 Å². The lowest BCUT2D eigenvalue weighted by Gasteiger charge is -2.10. The summed E-state index contributed by atoms with van der Waals surface area (Å²) in [6.45, 7) is 2.51. The molecule has 0 heterocycles. The smallest absolute Gasteiger partial charge is 0.308 e. The molecule has 5 nitrogen and oxygen atoms in total. The molecule has 3 aromatic rings. The molecule has 0 unspecified atom stereocenters. The Morgan fingerprint density at radius 2 is 1.30 bits per heavy atom. The zero-order valence-electron chi connectivity index (χ0n) is 16.5. The summed E-state index contributed by atoms with van der Waals surface area (Å²) in [5.41, 5.74) is 2.15. The molecule has 3 aromatic carbocycles. The molecule has 0 spiro atoms. The monoisotopic (exact) mass is 398 g/mol. The summed E-state index contributed by atoms with van der Waals surface area (Å²) >= 11 is 0. The summed E-state index contributed by atoms with van der Waals surface area (Å²) < 4.78 is 10.2. The Morgan fingerprint density at radius 1 is 0.700 bits per heavy atom. The van der Waals surface area contributed by atoms with Crippen LogP contribution in [0, 0.1) is 11.8 Å². The molecular formula is C25H18O5. The minimum absolute atomic E-state index is 0.0938. The second kappa shape index (κ2) is 9.35. The fourth-order valence-electron chi connectivity index (χ4n) is 2.69. The number of benzene rings is 3. The van der Waals surface area contributed by atoms with Gasteiger partial charge in [-0.1, -0.05) is 30.0 Å². The van der Waals surface area contributed by atoms with Gasteiger partial charge in [-0.2, -0.15) is 0 Å². The Labute approximate surface area is 174 Å². The standard InChI is InChI=1S/C25H18O5/c1-17(26)29-22-14-15-24(30-18(2)27)23(16-22)25(28)21-12-10-20(11-13-21)9-8-19-6-4-3-5-7-19/h3-7,10-16H,1-2H3. The van der Waals surface area contributed by atoms with Crippen LogP contribution in [0.5, 0.6) is 11.5 Å². The van der Waals surface area contributed by atoms with Crippen molar-refractivity contribution < 1.29 is 23.9 Å². The van der Waals surface area contributed by atoms with E-state index in [1.54, 1.807) is 24.3 Å². The average Bonchev–Trinajstić information content (AvgIpc) is 2.73. The van der Waals surface area contributed by atoms with Crippen LogP contribution in [0.25, 0.3) is 0 Å². The van der Waals surface area contributed by atoms with Gasteiger partial charge in [-0.25, -0.2) is 0 Å². The second-order valence-electron chi connectivity index (χ2n) is 6.37. The number of ketones is 1. The summed E-state index contributed by atoms with van der Waals surface area (Å²) in [7, 11) is 0. The predicted molar refractivity (Wildman–Crippen MR) is 111 cm³/mol. The lowest BCUT2D eigenvalue weighted by molar-refractivity contribution is -0.133. The van der Waals surface area contributed by atoms with E-state index in [4.69, 9.17) is 9.47 Å². The van der Waals surface area contributed by atoms with E-state index in [-0.39, 0.29) is 22.8 Å². The van der Waals surface area contributed by atoms with Crippen molar-refractivity contribution in [3.05, 3.63) is 95.1 Å². The minimum Gasteiger partial charge on any atom is -0.427 e. The van der Waals surface area contributed by atoms with Gasteiger partial charge < -0.3 is 9.47 Å². The van der Waals surface area contributed by atoms with Crippen LogP contribution in [0.4, 0.5) is 0 Å². The summed E-state index contributed by atoms with van der Waals surface area (Å²) in [5, 5.41) is 0. The first-order valence-electron chi connectivity index (χ1n) is 9.15. The highest BCUT2D eigenvalue weighted by Gasteiger charge is 2.18. The largest absolute Gasteiger partial charge is 0.427 e. The Kier molecular flexibility index (Phi) is 6.41. The molecule has 0 fully saturated rings. The number of carbonyl (C=O) groups is 3. The molecule has 30 heavy (non-hydrogen) atoms. The summed E-state index contributed by atoms with van der Waals surface area (Å²) in [4.78, 5) is 35.6. The van der Waals surface area contributed by atoms with Crippen molar-refractivity contribution in [1.29, 1.82) is 0 Å². The van der Waals surface area contributed by atoms with Crippen molar-refractivity contribution in [1.82, 2.24) is 0 Å². The molecule has 0 aromatic heterocycles. The van der Waals surface area contributed by atoms with E-state index in [1.165, 1.54) is 32.0 Å². The minimum atomic E-state index is -0.559. The third-order valence-electron chi connectivity index (χ3n) is 3.98. The van der Waals surface area contributed by atoms with Crippen molar-refractivity contribution in [3.63, 3.8) is 0 Å². The first-order valence-corrected chi connectivity index (χ1v) is 9.15. The molecule has 0 radical (unpaired) electrons. The summed E-state index contributed by atoms with van der Waals surface area (Å²) in [5.74, 6) is 4.93. The lowest BCUT2D eigenvalue weighted by Crippen LogP contribution is -2.10. The van der Waals surface area contributed by atoms with Crippen LogP contribution in [-0.4, -0.2) is 17.7 Å². The average molecular weight is 398 g/mol. The molecule has 0 aliphatic rings. The zero-order valence-corrected chi connectivity index (χ0v) is 16.5. The number of hydrogen-bond acceptors (Lipinski definition) is 5. The van der Waals surface area contributed by atoms with Crippen LogP contribution in [-0.2, 0) is 9.59 Å². The molecule has 0 saturated carbocycles. The van der Waals surface area contributed by atoms with Crippen molar-refractivity contribution >= 4 is 17.7 Å². The Bertz CT molecular complexity index is 1150. The summed E-state index contributed by atoms with van der Waals surface area (Å²) in [6.07, 6.45) is 0. The van der Waals surface area contributed by atoms with Crippen LogP contribution in [0.3, 0.4) is 0 Å². The van der Waals surface area contributed by atoms with Gasteiger partial charge in [0.2, 0.25) is 0 Å². The maximum Gasteiger partial charge on any atom is 0.308 e. The fraction of sp³-hybridized carbons (Fsp3) is 0.0800. The van der Waals surface area contributed by atoms with Gasteiger partial charge in [-0.3, -0.25) is 14.4 Å². The highest BCUT2D eigenvalue weighted by Crippen LogP contribution is 2.27. The molecule has 0 bridgehead atoms. The van der Waals surface area contributed by atoms with Crippen LogP contribution < -0.4 is 9.47 Å². The van der Waals surface area contributed by atoms with Gasteiger partial charge in [0.1, 0.15) is 11.5 Å². The first-order chi connectivity index (χ1) is 14.4. The van der Waals surface area contributed by atoms with Gasteiger partial charge in [0, 0.05) is 30.5 Å². The molecule has 0 atom stereocenters. The molecule has 0 aliphatic heterocycles. The molecule has 0 amide bonds. The van der Waals surface area contributed by atoms with Gasteiger partial charge >= 0.3 is 11.9 Å². The molecule has 5 heteroatoms. The topological polar surface area (TPSA) is 69.7 Å². The quantitative estimate of drug-likeness (QED) is 0.286. The number of rotatable bonds is 4. The molecule has 3 rings (SSSR count). The Morgan fingerprint density at radius 3 is 1.90 bits per heavy atom. The second-order valence-corrected chi connectivity index (χ2v) is 6.37. The van der Waals surface area contributed by atoms with Crippen molar-refractivity contribution in [2.24, 2.45) is 0 Å². The first kappa shape index (κ1) is 20.6. The van der Waals surface area contributed by atoms with Gasteiger partial charge in [0.15, 0.2) is 5.78 Å². The van der Waals surface area contributed by atoms with Crippen molar-refractivity contribution in [2.45, 2.75) is 13.8 Å². The molecular weight excluding hydrogens is 380 g/mol. The number of carbonyl (C=O) groups excluding carboxylic acids is 3. The fourth-order valence-corrected chi connectivity index (χ4v) is 2.69. The maximum atomic E-state index is 13.0. The van der Waals surface area contributed by atoms with Gasteiger partial charge in [-0.15, -0.1) is 0 Å². The zero-order chi connectivity index (χ0) is 21.5. The van der Waals surface area contributed by atoms with E-state index in [1.807, 2.05) is 30.3 Å². The van der Waals surface area contributed by atoms with E-state index < -0.39 is 11.9 Å². The van der Waals surface area contributed by atoms with E-state index in [0.29, 0.717) is 5.56 Å². The molecule has 0 N–H and O–H groups in total. The number of esters is 2. The molecule has 0 saturated heterocycles. The van der Waals surface area contributed by atoms with Crippen LogP contribution >= 0.6 is 0 Å². The van der Waals surface area contributed by atoms with Crippen LogP contribution in [0.2, 0.25) is 0 Å². The van der Waals surface area contributed by atoms with E-state index in [0.717, 1.165) is 11.1 Å². The Hall–Kier alpha value is -4.17. The predicted octanol–water partition coefficient (Wildman–Crippen LogP) is 4.17. The van der Waals surface area contributed by atoms with Crippen LogP contribution in [0.15, 0.2) is 72.8 Å². The highest BCUT2D eigenvalue weighted by molar-refractivity contribution is 6.11. The maximum absolute atomic E-state index is 13.0. The molecule has 148 valence electrons. The van der Waals surface area contributed by atoms with Gasteiger partial charge in [0.05, 0.1) is 5.56 Å². The van der Waals surface area contributed by atoms with Crippen molar-refractivity contribution in [3.8, 4) is 23.3 Å². The van der Waals surface area contributed by atoms with Gasteiger partial charge in [-0.05, 0) is 54.6 Å². The molecule has 0 aliphatic carbocycles. The number of hydrogen-bond donors (Lipinski definition) is 0. The highest BCUT2D eigenvalue weighted by atomic mass is 16.5. The van der Waals surface area contributed by atoms with Gasteiger partial charge in [0.25, 0.3) is 0 Å². The normalized spacial score (nSPS) is 9.80. The Balaban J connectivity index is 1.88. The SMILES string of the molecule is CC(=O)Oc1ccc(OC(C)=O)c(C(=O)c2ccc(C#Cc3ccccc3)cc2)c1. The van der Waals surface area contributed by atoms with Crippen molar-refractivity contribution in [2.75, 3.05) is 0 Å². The number of ether oxygens (including phenoxy) is 2. The van der Waals surface area contributed by atoms with E-state index in [9.17, 15) is 14.4 Å². The van der Waals surface area contributed by atoms with Crippen LogP contribution in [0.1, 0.15) is 40.9 Å². The lowest BCUT2D eigenvalue weighted by atomic mass is 10.0. The third kappa shape index (κ3) is 5.43. The third-order valence-corrected chi connectivity index (χ3v) is 3.98.